The first-order valence-corrected chi connectivity index (χ1v) is 8.99. The van der Waals surface area contributed by atoms with Gasteiger partial charge in [0.1, 0.15) is 0 Å². The van der Waals surface area contributed by atoms with Crippen LogP contribution in [0.25, 0.3) is 0 Å². The molecule has 0 unspecified atom stereocenters. The standard InChI is InChI=1S/C21H25N3O2/c1-2-3-4-5-11-16-22-24-21(26)18-14-9-10-15-19(18)23-20(25)17-12-7-6-8-13-17/h6-10,12-16H,2-5,11H2,1H3,(H,23,25)(H,24,26). The lowest BCUT2D eigenvalue weighted by atomic mass is 10.1. The Labute approximate surface area is 154 Å². The van der Waals surface area contributed by atoms with Gasteiger partial charge in [0.25, 0.3) is 11.8 Å². The van der Waals surface area contributed by atoms with Crippen molar-refractivity contribution < 1.29 is 9.59 Å². The van der Waals surface area contributed by atoms with E-state index in [0.29, 0.717) is 16.8 Å². The van der Waals surface area contributed by atoms with Crippen molar-refractivity contribution in [2.24, 2.45) is 5.10 Å². The highest BCUT2D eigenvalue weighted by Crippen LogP contribution is 2.16. The van der Waals surface area contributed by atoms with Crippen LogP contribution < -0.4 is 10.7 Å². The molecule has 2 amide bonds. The van der Waals surface area contributed by atoms with E-state index in [0.717, 1.165) is 12.8 Å². The fourth-order valence-electron chi connectivity index (χ4n) is 2.47. The van der Waals surface area contributed by atoms with Crippen molar-refractivity contribution in [1.82, 2.24) is 5.43 Å². The van der Waals surface area contributed by atoms with Crippen molar-refractivity contribution in [3.63, 3.8) is 0 Å². The summed E-state index contributed by atoms with van der Waals surface area (Å²) in [6.45, 7) is 2.17. The minimum atomic E-state index is -0.348. The number of hydrogen-bond acceptors (Lipinski definition) is 3. The third-order valence-electron chi connectivity index (χ3n) is 3.90. The zero-order valence-electron chi connectivity index (χ0n) is 15.1. The number of para-hydroxylation sites is 1. The van der Waals surface area contributed by atoms with Gasteiger partial charge in [-0.2, -0.15) is 5.10 Å². The largest absolute Gasteiger partial charge is 0.321 e. The number of nitrogens with one attached hydrogen (secondary N) is 2. The summed E-state index contributed by atoms with van der Waals surface area (Å²) in [7, 11) is 0. The van der Waals surface area contributed by atoms with Crippen LogP contribution in [0.15, 0.2) is 59.7 Å². The molecule has 0 fully saturated rings. The molecule has 5 heteroatoms. The maximum Gasteiger partial charge on any atom is 0.273 e. The van der Waals surface area contributed by atoms with E-state index in [1.807, 2.05) is 6.07 Å². The smallest absolute Gasteiger partial charge is 0.273 e. The second-order valence-corrected chi connectivity index (χ2v) is 5.97. The van der Waals surface area contributed by atoms with E-state index in [-0.39, 0.29) is 11.8 Å². The van der Waals surface area contributed by atoms with Crippen molar-refractivity contribution in [1.29, 1.82) is 0 Å². The lowest BCUT2D eigenvalue weighted by Gasteiger charge is -2.10. The number of rotatable bonds is 9. The van der Waals surface area contributed by atoms with Gasteiger partial charge in [0.15, 0.2) is 0 Å². The Hall–Kier alpha value is -2.95. The summed E-state index contributed by atoms with van der Waals surface area (Å²) in [6.07, 6.45) is 7.21. The summed E-state index contributed by atoms with van der Waals surface area (Å²) in [4.78, 5) is 24.6. The zero-order valence-corrected chi connectivity index (χ0v) is 15.1. The van der Waals surface area contributed by atoms with Gasteiger partial charge < -0.3 is 5.32 Å². The molecule has 0 radical (unpaired) electrons. The molecule has 5 nitrogen and oxygen atoms in total. The first-order chi connectivity index (χ1) is 12.7. The number of carbonyl (C=O) groups excluding carboxylic acids is 2. The third-order valence-corrected chi connectivity index (χ3v) is 3.90. The molecule has 2 aromatic rings. The molecular weight excluding hydrogens is 326 g/mol. The number of hydrazone groups is 1. The van der Waals surface area contributed by atoms with Gasteiger partial charge in [-0.25, -0.2) is 5.43 Å². The molecular formula is C21H25N3O2. The molecule has 26 heavy (non-hydrogen) atoms. The van der Waals surface area contributed by atoms with Gasteiger partial charge in [-0.3, -0.25) is 9.59 Å². The van der Waals surface area contributed by atoms with Gasteiger partial charge in [0.05, 0.1) is 11.3 Å². The molecule has 0 saturated heterocycles. The van der Waals surface area contributed by atoms with E-state index >= 15 is 0 Å². The quantitative estimate of drug-likeness (QED) is 0.393. The van der Waals surface area contributed by atoms with Crippen LogP contribution in [0.1, 0.15) is 59.7 Å². The molecule has 0 bridgehead atoms. The summed E-state index contributed by atoms with van der Waals surface area (Å²) in [5, 5.41) is 6.77. The summed E-state index contributed by atoms with van der Waals surface area (Å²) in [5.74, 6) is -0.607. The minimum absolute atomic E-state index is 0.259. The monoisotopic (exact) mass is 351 g/mol. The normalized spacial score (nSPS) is 10.7. The van der Waals surface area contributed by atoms with Crippen LogP contribution >= 0.6 is 0 Å². The number of nitrogens with zero attached hydrogens (tertiary/aromatic N) is 1. The molecule has 0 aliphatic carbocycles. The van der Waals surface area contributed by atoms with E-state index in [9.17, 15) is 9.59 Å². The highest BCUT2D eigenvalue weighted by molar-refractivity contribution is 6.08. The van der Waals surface area contributed by atoms with Gasteiger partial charge in [0, 0.05) is 11.8 Å². The van der Waals surface area contributed by atoms with Gasteiger partial charge in [-0.1, -0.05) is 56.5 Å². The lowest BCUT2D eigenvalue weighted by molar-refractivity contribution is 0.0956. The van der Waals surface area contributed by atoms with Crippen molar-refractivity contribution in [3.8, 4) is 0 Å². The number of anilines is 1. The molecule has 2 N–H and O–H groups in total. The molecule has 136 valence electrons. The Morgan fingerprint density at radius 3 is 2.42 bits per heavy atom. The van der Waals surface area contributed by atoms with Crippen LogP contribution in [-0.2, 0) is 0 Å². The summed E-state index contributed by atoms with van der Waals surface area (Å²) in [6, 6.07) is 15.8. The summed E-state index contributed by atoms with van der Waals surface area (Å²) in [5.41, 5.74) is 3.89. The van der Waals surface area contributed by atoms with E-state index < -0.39 is 0 Å². The minimum Gasteiger partial charge on any atom is -0.321 e. The van der Waals surface area contributed by atoms with Crippen LogP contribution in [0.5, 0.6) is 0 Å². The topological polar surface area (TPSA) is 70.6 Å². The second kappa shape index (κ2) is 10.8. The number of unbranched alkanes of at least 4 members (excludes halogenated alkanes) is 4. The Morgan fingerprint density at radius 2 is 1.65 bits per heavy atom. The molecule has 2 aromatic carbocycles. The lowest BCUT2D eigenvalue weighted by Crippen LogP contribution is -2.21. The van der Waals surface area contributed by atoms with Gasteiger partial charge >= 0.3 is 0 Å². The predicted molar refractivity (Wildman–Crippen MR) is 106 cm³/mol. The molecule has 0 heterocycles. The van der Waals surface area contributed by atoms with E-state index in [2.05, 4.69) is 22.8 Å². The first kappa shape index (κ1) is 19.4. The van der Waals surface area contributed by atoms with Crippen molar-refractivity contribution in [3.05, 3.63) is 65.7 Å². The maximum atomic E-state index is 12.3. The van der Waals surface area contributed by atoms with Crippen molar-refractivity contribution >= 4 is 23.7 Å². The number of hydrogen-bond donors (Lipinski definition) is 2. The van der Waals surface area contributed by atoms with Crippen molar-refractivity contribution in [2.75, 3.05) is 5.32 Å². The number of carbonyl (C=O) groups is 2. The second-order valence-electron chi connectivity index (χ2n) is 5.97. The van der Waals surface area contributed by atoms with E-state index in [4.69, 9.17) is 0 Å². The maximum absolute atomic E-state index is 12.3. The Balaban J connectivity index is 1.94. The predicted octanol–water partition coefficient (Wildman–Crippen LogP) is 4.62. The van der Waals surface area contributed by atoms with E-state index in [1.165, 1.54) is 19.3 Å². The van der Waals surface area contributed by atoms with Gasteiger partial charge in [0.2, 0.25) is 0 Å². The molecule has 0 aromatic heterocycles. The average Bonchev–Trinajstić information content (AvgIpc) is 2.68. The zero-order chi connectivity index (χ0) is 18.6. The first-order valence-electron chi connectivity index (χ1n) is 8.99. The summed E-state index contributed by atoms with van der Waals surface area (Å²) < 4.78 is 0. The van der Waals surface area contributed by atoms with Gasteiger partial charge in [-0.05, 0) is 37.1 Å². The third kappa shape index (κ3) is 6.16. The molecule has 0 atom stereocenters. The molecule has 0 spiro atoms. The Morgan fingerprint density at radius 1 is 0.923 bits per heavy atom. The summed E-state index contributed by atoms with van der Waals surface area (Å²) >= 11 is 0. The molecule has 0 saturated carbocycles. The molecule has 2 rings (SSSR count). The number of amides is 2. The van der Waals surface area contributed by atoms with Crippen LogP contribution in [0.4, 0.5) is 5.69 Å². The molecule has 0 aliphatic heterocycles. The van der Waals surface area contributed by atoms with E-state index in [1.54, 1.807) is 54.7 Å². The van der Waals surface area contributed by atoms with Crippen LogP contribution in [0, 0.1) is 0 Å². The fraction of sp³-hybridized carbons (Fsp3) is 0.286. The fourth-order valence-corrected chi connectivity index (χ4v) is 2.47. The Bertz CT molecular complexity index is 742. The van der Waals surface area contributed by atoms with Gasteiger partial charge in [-0.15, -0.1) is 0 Å². The van der Waals surface area contributed by atoms with Crippen LogP contribution in [-0.4, -0.2) is 18.0 Å². The highest BCUT2D eigenvalue weighted by atomic mass is 16.2. The average molecular weight is 351 g/mol. The van der Waals surface area contributed by atoms with Crippen molar-refractivity contribution in [2.45, 2.75) is 39.0 Å². The SMILES string of the molecule is CCCCCCC=NNC(=O)c1ccccc1NC(=O)c1ccccc1. The Kier molecular flexibility index (Phi) is 8.06. The molecule has 0 aliphatic rings. The van der Waals surface area contributed by atoms with Crippen LogP contribution in [0.3, 0.4) is 0 Å². The highest BCUT2D eigenvalue weighted by Gasteiger charge is 2.13. The number of benzene rings is 2. The van der Waals surface area contributed by atoms with Crippen LogP contribution in [0.2, 0.25) is 0 Å².